The lowest BCUT2D eigenvalue weighted by molar-refractivity contribution is -0.142. The molecule has 116 valence electrons. The van der Waals surface area contributed by atoms with Crippen molar-refractivity contribution in [3.8, 4) is 0 Å². The number of carbonyl (C=O) groups excluding carboxylic acids is 1. The molecule has 0 spiro atoms. The molecule has 0 aliphatic carbocycles. The van der Waals surface area contributed by atoms with Gasteiger partial charge in [-0.25, -0.2) is 4.99 Å². The van der Waals surface area contributed by atoms with Crippen LogP contribution in [0.25, 0.3) is 0 Å². The third kappa shape index (κ3) is 3.41. The van der Waals surface area contributed by atoms with E-state index in [1.54, 1.807) is 6.07 Å². The van der Waals surface area contributed by atoms with Gasteiger partial charge in [0.05, 0.1) is 5.71 Å². The Balaban J connectivity index is 2.18. The lowest BCUT2D eigenvalue weighted by Crippen LogP contribution is -2.28. The molecule has 1 unspecified atom stereocenters. The smallest absolute Gasteiger partial charge is 0.304 e. The van der Waals surface area contributed by atoms with Gasteiger partial charge in [0, 0.05) is 28.8 Å². The molecule has 0 bridgehead atoms. The van der Waals surface area contributed by atoms with Crippen molar-refractivity contribution in [1.29, 1.82) is 0 Å². The van der Waals surface area contributed by atoms with Gasteiger partial charge in [-0.15, -0.1) is 0 Å². The number of benzene rings is 2. The molecule has 3 rings (SSSR count). The SMILES string of the molecule is CC(=O)OC1N=C(c2ccccc2)c2cc(Cl)ccc2NC1=S. The maximum atomic E-state index is 11.3. The molecule has 0 saturated carbocycles. The quantitative estimate of drug-likeness (QED) is 0.664. The number of thiocarbonyl (C=S) groups is 1. The molecular weight excluding hydrogens is 332 g/mol. The Labute approximate surface area is 144 Å². The van der Waals surface area contributed by atoms with E-state index in [1.165, 1.54) is 6.92 Å². The Morgan fingerprint density at radius 2 is 2.00 bits per heavy atom. The zero-order chi connectivity index (χ0) is 16.4. The Bertz CT molecular complexity index is 805. The monoisotopic (exact) mass is 344 g/mol. The molecule has 1 aliphatic heterocycles. The van der Waals surface area contributed by atoms with Crippen LogP contribution in [0.5, 0.6) is 0 Å². The molecule has 0 saturated heterocycles. The van der Waals surface area contributed by atoms with E-state index in [2.05, 4.69) is 10.3 Å². The van der Waals surface area contributed by atoms with E-state index in [-0.39, 0.29) is 0 Å². The lowest BCUT2D eigenvalue weighted by Gasteiger charge is -2.13. The van der Waals surface area contributed by atoms with Crippen molar-refractivity contribution >= 4 is 46.2 Å². The summed E-state index contributed by atoms with van der Waals surface area (Å²) in [6.45, 7) is 1.33. The van der Waals surface area contributed by atoms with Crippen molar-refractivity contribution in [2.45, 2.75) is 13.2 Å². The van der Waals surface area contributed by atoms with Crippen LogP contribution in [0, 0.1) is 0 Å². The fraction of sp³-hybridized carbons (Fsp3) is 0.118. The maximum Gasteiger partial charge on any atom is 0.304 e. The summed E-state index contributed by atoms with van der Waals surface area (Å²) < 4.78 is 5.23. The number of carbonyl (C=O) groups is 1. The second-order valence-corrected chi connectivity index (χ2v) is 5.86. The summed E-state index contributed by atoms with van der Waals surface area (Å²) in [4.78, 5) is 16.2. The molecule has 0 fully saturated rings. The van der Waals surface area contributed by atoms with Crippen LogP contribution >= 0.6 is 23.8 Å². The number of rotatable bonds is 2. The molecule has 1 N–H and O–H groups in total. The second-order valence-electron chi connectivity index (χ2n) is 4.98. The molecule has 0 radical (unpaired) electrons. The van der Waals surface area contributed by atoms with Crippen molar-refractivity contribution in [1.82, 2.24) is 0 Å². The van der Waals surface area contributed by atoms with E-state index in [0.29, 0.717) is 15.7 Å². The highest BCUT2D eigenvalue weighted by atomic mass is 35.5. The van der Waals surface area contributed by atoms with Gasteiger partial charge in [-0.05, 0) is 18.2 Å². The molecule has 23 heavy (non-hydrogen) atoms. The Morgan fingerprint density at radius 3 is 2.70 bits per heavy atom. The van der Waals surface area contributed by atoms with Crippen LogP contribution in [-0.4, -0.2) is 22.9 Å². The zero-order valence-electron chi connectivity index (χ0n) is 12.2. The van der Waals surface area contributed by atoms with E-state index in [0.717, 1.165) is 16.8 Å². The Morgan fingerprint density at radius 1 is 1.26 bits per heavy atom. The fourth-order valence-electron chi connectivity index (χ4n) is 2.32. The van der Waals surface area contributed by atoms with Crippen LogP contribution in [0.1, 0.15) is 18.1 Å². The average Bonchev–Trinajstić information content (AvgIpc) is 2.65. The van der Waals surface area contributed by atoms with Crippen molar-refractivity contribution in [2.24, 2.45) is 4.99 Å². The largest absolute Gasteiger partial charge is 0.433 e. The van der Waals surface area contributed by atoms with Gasteiger partial charge in [0.25, 0.3) is 0 Å². The summed E-state index contributed by atoms with van der Waals surface area (Å²) in [7, 11) is 0. The maximum absolute atomic E-state index is 11.3. The van der Waals surface area contributed by atoms with Crippen molar-refractivity contribution in [3.05, 3.63) is 64.7 Å². The molecule has 0 aromatic heterocycles. The van der Waals surface area contributed by atoms with Gasteiger partial charge in [-0.1, -0.05) is 54.2 Å². The van der Waals surface area contributed by atoms with E-state index < -0.39 is 12.2 Å². The van der Waals surface area contributed by atoms with Crippen LogP contribution in [0.15, 0.2) is 53.5 Å². The highest BCUT2D eigenvalue weighted by Gasteiger charge is 2.25. The first kappa shape index (κ1) is 15.6. The molecule has 2 aromatic carbocycles. The number of nitrogens with one attached hydrogen (secondary N) is 1. The number of hydrogen-bond acceptors (Lipinski definition) is 4. The molecule has 6 heteroatoms. The van der Waals surface area contributed by atoms with Crippen LogP contribution < -0.4 is 5.32 Å². The standard InChI is InChI=1S/C17H13ClN2O2S/c1-10(21)22-16-17(23)19-14-8-7-12(18)9-13(14)15(20-16)11-5-3-2-4-6-11/h2-9,16H,1H3,(H,19,23). The van der Waals surface area contributed by atoms with E-state index in [4.69, 9.17) is 28.6 Å². The average molecular weight is 345 g/mol. The van der Waals surface area contributed by atoms with Gasteiger partial charge < -0.3 is 10.1 Å². The first-order chi connectivity index (χ1) is 11.0. The molecule has 1 atom stereocenters. The van der Waals surface area contributed by atoms with Crippen LogP contribution in [0.2, 0.25) is 5.02 Å². The van der Waals surface area contributed by atoms with Crippen molar-refractivity contribution < 1.29 is 9.53 Å². The zero-order valence-corrected chi connectivity index (χ0v) is 13.8. The first-order valence-electron chi connectivity index (χ1n) is 6.96. The third-order valence-corrected chi connectivity index (χ3v) is 3.83. The number of ether oxygens (including phenoxy) is 1. The topological polar surface area (TPSA) is 50.7 Å². The van der Waals surface area contributed by atoms with E-state index in [9.17, 15) is 4.79 Å². The summed E-state index contributed by atoms with van der Waals surface area (Å²) in [5.74, 6) is -0.445. The fourth-order valence-corrected chi connectivity index (χ4v) is 2.71. The Hall–Kier alpha value is -2.24. The number of fused-ring (bicyclic) bond motifs is 1. The number of anilines is 1. The van der Waals surface area contributed by atoms with Crippen molar-refractivity contribution in [2.75, 3.05) is 5.32 Å². The van der Waals surface area contributed by atoms with Crippen LogP contribution in [-0.2, 0) is 9.53 Å². The van der Waals surface area contributed by atoms with Crippen molar-refractivity contribution in [3.63, 3.8) is 0 Å². The highest BCUT2D eigenvalue weighted by Crippen LogP contribution is 2.27. The number of nitrogens with zero attached hydrogens (tertiary/aromatic N) is 1. The normalized spacial score (nSPS) is 16.7. The minimum atomic E-state index is -0.871. The lowest BCUT2D eigenvalue weighted by atomic mass is 10.0. The van der Waals surface area contributed by atoms with E-state index in [1.807, 2.05) is 42.5 Å². The van der Waals surface area contributed by atoms with E-state index >= 15 is 0 Å². The van der Waals surface area contributed by atoms with Crippen LogP contribution in [0.3, 0.4) is 0 Å². The third-order valence-electron chi connectivity index (χ3n) is 3.29. The van der Waals surface area contributed by atoms with Gasteiger partial charge in [0.2, 0.25) is 6.23 Å². The molecule has 2 aromatic rings. The summed E-state index contributed by atoms with van der Waals surface area (Å²) >= 11 is 11.5. The minimum Gasteiger partial charge on any atom is -0.433 e. The van der Waals surface area contributed by atoms with Gasteiger partial charge in [0.15, 0.2) is 0 Å². The highest BCUT2D eigenvalue weighted by molar-refractivity contribution is 7.80. The summed E-state index contributed by atoms with van der Waals surface area (Å²) in [5.41, 5.74) is 3.14. The number of esters is 1. The number of halogens is 1. The van der Waals surface area contributed by atoms with Gasteiger partial charge in [0.1, 0.15) is 4.99 Å². The second kappa shape index (κ2) is 6.48. The summed E-state index contributed by atoms with van der Waals surface area (Å²) in [6.07, 6.45) is -0.871. The van der Waals surface area contributed by atoms with Gasteiger partial charge >= 0.3 is 5.97 Å². The predicted octanol–water partition coefficient (Wildman–Crippen LogP) is 3.82. The van der Waals surface area contributed by atoms with Gasteiger partial charge in [-0.3, -0.25) is 4.79 Å². The first-order valence-corrected chi connectivity index (χ1v) is 7.74. The summed E-state index contributed by atoms with van der Waals surface area (Å²) in [5, 5.41) is 3.67. The molecule has 1 aliphatic rings. The number of benzodiazepines with no additional fused rings is 1. The molecular formula is C17H13ClN2O2S. The Kier molecular flexibility index (Phi) is 4.41. The number of hydrogen-bond donors (Lipinski definition) is 1. The minimum absolute atomic E-state index is 0.328. The molecule has 0 amide bonds. The summed E-state index contributed by atoms with van der Waals surface area (Å²) in [6, 6.07) is 15.0. The van der Waals surface area contributed by atoms with Gasteiger partial charge in [-0.2, -0.15) is 0 Å². The molecule has 1 heterocycles. The van der Waals surface area contributed by atoms with Crippen LogP contribution in [0.4, 0.5) is 5.69 Å². The predicted molar refractivity (Wildman–Crippen MR) is 95.3 cm³/mol. The number of aliphatic imine (C=N–C) groups is 1. The molecule has 4 nitrogen and oxygen atoms in total.